The molecule has 0 aromatic carbocycles. The second kappa shape index (κ2) is 4.94. The zero-order chi connectivity index (χ0) is 10.7. The third-order valence-electron chi connectivity index (χ3n) is 3.29. The van der Waals surface area contributed by atoms with Crippen LogP contribution in [0.2, 0.25) is 0 Å². The lowest BCUT2D eigenvalue weighted by atomic mass is 9.79. The molecular weight excluding hydrogens is 194 g/mol. The van der Waals surface area contributed by atoms with E-state index in [4.69, 9.17) is 9.84 Å². The molecule has 4 heteroatoms. The van der Waals surface area contributed by atoms with E-state index in [1.54, 1.807) is 0 Å². The van der Waals surface area contributed by atoms with Crippen molar-refractivity contribution in [2.24, 2.45) is 11.8 Å². The summed E-state index contributed by atoms with van der Waals surface area (Å²) in [5, 5.41) is 12.1. The summed E-state index contributed by atoms with van der Waals surface area (Å²) in [6.07, 6.45) is 4.43. The number of nitrogens with one attached hydrogen (secondary N) is 1. The minimum atomic E-state index is -0.669. The molecule has 2 N–H and O–H groups in total. The van der Waals surface area contributed by atoms with Crippen LogP contribution < -0.4 is 5.32 Å². The van der Waals surface area contributed by atoms with Crippen LogP contribution in [0.4, 0.5) is 0 Å². The van der Waals surface area contributed by atoms with Crippen molar-refractivity contribution in [2.75, 3.05) is 19.8 Å². The normalized spacial score (nSPS) is 29.9. The smallest absolute Gasteiger partial charge is 0.308 e. The molecule has 0 aliphatic heterocycles. The molecule has 0 spiro atoms. The van der Waals surface area contributed by atoms with E-state index in [0.717, 1.165) is 31.9 Å². The molecule has 86 valence electrons. The fourth-order valence-corrected chi connectivity index (χ4v) is 1.89. The average molecular weight is 213 g/mol. The Balaban J connectivity index is 1.48. The highest BCUT2D eigenvalue weighted by atomic mass is 16.5. The Morgan fingerprint density at radius 2 is 2.13 bits per heavy atom. The van der Waals surface area contributed by atoms with Crippen molar-refractivity contribution in [3.05, 3.63) is 0 Å². The van der Waals surface area contributed by atoms with Gasteiger partial charge in [0.15, 0.2) is 0 Å². The fraction of sp³-hybridized carbons (Fsp3) is 0.909. The largest absolute Gasteiger partial charge is 0.481 e. The molecule has 0 amide bonds. The summed E-state index contributed by atoms with van der Waals surface area (Å²) in [5.41, 5.74) is 0. The van der Waals surface area contributed by atoms with Gasteiger partial charge in [0.25, 0.3) is 0 Å². The third kappa shape index (κ3) is 3.18. The number of carbonyl (C=O) groups is 1. The first-order valence-corrected chi connectivity index (χ1v) is 5.81. The molecule has 2 saturated carbocycles. The first-order valence-electron chi connectivity index (χ1n) is 5.81. The van der Waals surface area contributed by atoms with Gasteiger partial charge in [-0.05, 0) is 31.6 Å². The highest BCUT2D eigenvalue weighted by molar-refractivity contribution is 5.72. The first-order chi connectivity index (χ1) is 7.27. The zero-order valence-corrected chi connectivity index (χ0v) is 8.95. The summed E-state index contributed by atoms with van der Waals surface area (Å²) in [6.45, 7) is 2.37. The van der Waals surface area contributed by atoms with Crippen molar-refractivity contribution in [2.45, 2.75) is 31.7 Å². The van der Waals surface area contributed by atoms with Crippen molar-refractivity contribution < 1.29 is 14.6 Å². The molecule has 0 bridgehead atoms. The Morgan fingerprint density at radius 3 is 2.67 bits per heavy atom. The van der Waals surface area contributed by atoms with Crippen molar-refractivity contribution in [3.8, 4) is 0 Å². The van der Waals surface area contributed by atoms with E-state index in [0.29, 0.717) is 6.61 Å². The van der Waals surface area contributed by atoms with E-state index >= 15 is 0 Å². The van der Waals surface area contributed by atoms with Crippen LogP contribution in [0.5, 0.6) is 0 Å². The van der Waals surface area contributed by atoms with Gasteiger partial charge in [0.1, 0.15) is 0 Å². The molecule has 0 saturated heterocycles. The number of hydrogen-bond acceptors (Lipinski definition) is 3. The average Bonchev–Trinajstić information content (AvgIpc) is 2.91. The van der Waals surface area contributed by atoms with Gasteiger partial charge in [0.05, 0.1) is 12.5 Å². The summed E-state index contributed by atoms with van der Waals surface area (Å²) in [4.78, 5) is 10.7. The zero-order valence-electron chi connectivity index (χ0n) is 8.95. The Morgan fingerprint density at radius 1 is 1.33 bits per heavy atom. The molecule has 0 heterocycles. The van der Waals surface area contributed by atoms with Crippen LogP contribution in [-0.4, -0.2) is 36.9 Å². The van der Waals surface area contributed by atoms with E-state index in [2.05, 4.69) is 5.32 Å². The van der Waals surface area contributed by atoms with Crippen LogP contribution in [0, 0.1) is 11.8 Å². The lowest BCUT2D eigenvalue weighted by Gasteiger charge is -2.34. The topological polar surface area (TPSA) is 58.6 Å². The van der Waals surface area contributed by atoms with Crippen LogP contribution in [0.15, 0.2) is 0 Å². The van der Waals surface area contributed by atoms with Gasteiger partial charge >= 0.3 is 5.97 Å². The monoisotopic (exact) mass is 213 g/mol. The minimum Gasteiger partial charge on any atom is -0.481 e. The van der Waals surface area contributed by atoms with Gasteiger partial charge in [-0.1, -0.05) is 0 Å². The molecule has 0 radical (unpaired) electrons. The van der Waals surface area contributed by atoms with Crippen LogP contribution in [0.25, 0.3) is 0 Å². The van der Waals surface area contributed by atoms with Gasteiger partial charge in [-0.15, -0.1) is 0 Å². The van der Waals surface area contributed by atoms with E-state index in [1.165, 1.54) is 12.8 Å². The molecule has 0 aromatic rings. The minimum absolute atomic E-state index is 0.173. The van der Waals surface area contributed by atoms with Gasteiger partial charge in [0, 0.05) is 19.2 Å². The predicted octanol–water partition coefficient (Wildman–Crippen LogP) is 0.866. The Bertz CT molecular complexity index is 228. The SMILES string of the molecule is O=C(O)C1CCC1NCCOCC1CC1. The Hall–Kier alpha value is -0.610. The van der Waals surface area contributed by atoms with Crippen molar-refractivity contribution in [1.29, 1.82) is 0 Å². The number of rotatable bonds is 7. The third-order valence-corrected chi connectivity index (χ3v) is 3.29. The number of ether oxygens (including phenoxy) is 1. The number of carboxylic acids is 1. The van der Waals surface area contributed by atoms with E-state index in [1.807, 2.05) is 0 Å². The Labute approximate surface area is 90.0 Å². The highest BCUT2D eigenvalue weighted by Gasteiger charge is 2.35. The molecule has 2 aliphatic carbocycles. The van der Waals surface area contributed by atoms with E-state index in [-0.39, 0.29) is 12.0 Å². The fourth-order valence-electron chi connectivity index (χ4n) is 1.89. The van der Waals surface area contributed by atoms with Crippen LogP contribution >= 0.6 is 0 Å². The second-order valence-electron chi connectivity index (χ2n) is 4.60. The lowest BCUT2D eigenvalue weighted by Crippen LogP contribution is -2.48. The maximum absolute atomic E-state index is 10.7. The highest BCUT2D eigenvalue weighted by Crippen LogP contribution is 2.29. The maximum Gasteiger partial charge on any atom is 0.308 e. The molecule has 0 aromatic heterocycles. The quantitative estimate of drug-likeness (QED) is 0.616. The van der Waals surface area contributed by atoms with Crippen LogP contribution in [0.1, 0.15) is 25.7 Å². The molecular formula is C11H19NO3. The number of hydrogen-bond donors (Lipinski definition) is 2. The molecule has 2 atom stereocenters. The summed E-state index contributed by atoms with van der Waals surface area (Å²) in [6, 6.07) is 0.173. The van der Waals surface area contributed by atoms with Crippen molar-refractivity contribution in [3.63, 3.8) is 0 Å². The standard InChI is InChI=1S/C11H19NO3/c13-11(14)9-3-4-10(9)12-5-6-15-7-8-1-2-8/h8-10,12H,1-7H2,(H,13,14). The summed E-state index contributed by atoms with van der Waals surface area (Å²) >= 11 is 0. The van der Waals surface area contributed by atoms with Gasteiger partial charge in [-0.3, -0.25) is 4.79 Å². The molecule has 2 fully saturated rings. The number of carboxylic acid groups (broad SMARTS) is 1. The molecule has 4 nitrogen and oxygen atoms in total. The van der Waals surface area contributed by atoms with E-state index in [9.17, 15) is 4.79 Å². The number of aliphatic carboxylic acids is 1. The summed E-state index contributed by atoms with van der Waals surface area (Å²) < 4.78 is 5.46. The van der Waals surface area contributed by atoms with Crippen LogP contribution in [-0.2, 0) is 9.53 Å². The van der Waals surface area contributed by atoms with Crippen LogP contribution in [0.3, 0.4) is 0 Å². The molecule has 15 heavy (non-hydrogen) atoms. The molecule has 2 aliphatic rings. The summed E-state index contributed by atoms with van der Waals surface area (Å²) in [7, 11) is 0. The maximum atomic E-state index is 10.7. The molecule has 2 rings (SSSR count). The molecule has 2 unspecified atom stereocenters. The van der Waals surface area contributed by atoms with Gasteiger partial charge < -0.3 is 15.2 Å². The second-order valence-corrected chi connectivity index (χ2v) is 4.60. The van der Waals surface area contributed by atoms with Crippen molar-refractivity contribution in [1.82, 2.24) is 5.32 Å². The van der Waals surface area contributed by atoms with Gasteiger partial charge in [-0.2, -0.15) is 0 Å². The Kier molecular flexibility index (Phi) is 3.59. The van der Waals surface area contributed by atoms with E-state index < -0.39 is 5.97 Å². The summed E-state index contributed by atoms with van der Waals surface area (Å²) in [5.74, 6) is -0.0356. The first kappa shape index (κ1) is 10.9. The van der Waals surface area contributed by atoms with Gasteiger partial charge in [0.2, 0.25) is 0 Å². The predicted molar refractivity (Wildman–Crippen MR) is 55.7 cm³/mol. The lowest BCUT2D eigenvalue weighted by molar-refractivity contribution is -0.146. The van der Waals surface area contributed by atoms with Gasteiger partial charge in [-0.25, -0.2) is 0 Å². The van der Waals surface area contributed by atoms with Crippen molar-refractivity contribution >= 4 is 5.97 Å².